The molecule has 32 heavy (non-hydrogen) atoms. The molecule has 164 valence electrons. The van der Waals surface area contributed by atoms with Gasteiger partial charge >= 0.3 is 0 Å². The van der Waals surface area contributed by atoms with E-state index >= 15 is 0 Å². The number of anilines is 2. The number of rotatable bonds is 3. The predicted molar refractivity (Wildman–Crippen MR) is 121 cm³/mol. The zero-order valence-corrected chi connectivity index (χ0v) is 17.9. The number of fused-ring (bicyclic) bond motifs is 1. The summed E-state index contributed by atoms with van der Waals surface area (Å²) in [5.74, 6) is -0.504. The van der Waals surface area contributed by atoms with Gasteiger partial charge in [0, 0.05) is 37.8 Å². The van der Waals surface area contributed by atoms with Crippen molar-refractivity contribution < 1.29 is 8.78 Å². The fourth-order valence-electron chi connectivity index (χ4n) is 3.98. The molecule has 0 bridgehead atoms. The lowest BCUT2D eigenvalue weighted by Crippen LogP contribution is -2.45. The molecule has 2 aromatic carbocycles. The van der Waals surface area contributed by atoms with Gasteiger partial charge < -0.3 is 15.5 Å². The number of piperazine rings is 1. The molecular weight excluding hydrogens is 412 g/mol. The predicted octanol–water partition coefficient (Wildman–Crippen LogP) is 3.40. The number of benzene rings is 2. The summed E-state index contributed by atoms with van der Waals surface area (Å²) in [5.41, 5.74) is 9.24. The van der Waals surface area contributed by atoms with Crippen molar-refractivity contribution in [2.75, 3.05) is 43.9 Å². The van der Waals surface area contributed by atoms with Crippen molar-refractivity contribution in [2.24, 2.45) is 0 Å². The number of nitrogen functional groups attached to an aromatic ring is 1. The van der Waals surface area contributed by atoms with Crippen LogP contribution in [0, 0.1) is 18.6 Å². The molecule has 0 amide bonds. The van der Waals surface area contributed by atoms with Gasteiger partial charge in [0.05, 0.1) is 11.1 Å². The fourth-order valence-corrected chi connectivity index (χ4v) is 3.98. The van der Waals surface area contributed by atoms with Crippen LogP contribution in [0.3, 0.4) is 0 Å². The first kappa shape index (κ1) is 20.3. The maximum Gasteiger partial charge on any atom is 0.228 e. The first-order valence-corrected chi connectivity index (χ1v) is 10.4. The number of aromatic nitrogens is 4. The third-order valence-corrected chi connectivity index (χ3v) is 5.77. The van der Waals surface area contributed by atoms with Gasteiger partial charge in [-0.1, -0.05) is 23.8 Å². The summed E-state index contributed by atoms with van der Waals surface area (Å²) >= 11 is 0. The van der Waals surface area contributed by atoms with Gasteiger partial charge in [0.1, 0.15) is 23.1 Å². The fraction of sp³-hybridized carbons (Fsp3) is 0.261. The van der Waals surface area contributed by atoms with E-state index in [9.17, 15) is 8.78 Å². The quantitative estimate of drug-likeness (QED) is 0.532. The molecule has 5 rings (SSSR count). The average Bonchev–Trinajstić information content (AvgIpc) is 3.11. The number of nitrogens with two attached hydrogens (primary N) is 1. The highest BCUT2D eigenvalue weighted by molar-refractivity contribution is 5.99. The normalized spacial score (nSPS) is 14.9. The highest BCUT2D eigenvalue weighted by Crippen LogP contribution is 2.34. The van der Waals surface area contributed by atoms with Gasteiger partial charge in [-0.05, 0) is 32.2 Å². The van der Waals surface area contributed by atoms with E-state index in [1.807, 2.05) is 31.2 Å². The van der Waals surface area contributed by atoms with Gasteiger partial charge in [-0.15, -0.1) is 5.10 Å². The van der Waals surface area contributed by atoms with Crippen LogP contribution >= 0.6 is 0 Å². The summed E-state index contributed by atoms with van der Waals surface area (Å²) < 4.78 is 29.6. The summed E-state index contributed by atoms with van der Waals surface area (Å²) in [7, 11) is 2.08. The molecule has 7 nitrogen and oxygen atoms in total. The van der Waals surface area contributed by atoms with Gasteiger partial charge in [0.25, 0.3) is 0 Å². The van der Waals surface area contributed by atoms with E-state index in [2.05, 4.69) is 26.9 Å². The van der Waals surface area contributed by atoms with Crippen LogP contribution in [0.25, 0.3) is 28.0 Å². The lowest BCUT2D eigenvalue weighted by Gasteiger charge is -2.32. The smallest absolute Gasteiger partial charge is 0.228 e. The van der Waals surface area contributed by atoms with Crippen molar-refractivity contribution in [1.82, 2.24) is 24.6 Å². The Morgan fingerprint density at radius 1 is 0.969 bits per heavy atom. The highest BCUT2D eigenvalue weighted by Gasteiger charge is 2.24. The Labute approximate surface area is 184 Å². The zero-order valence-electron chi connectivity index (χ0n) is 17.9. The monoisotopic (exact) mass is 435 g/mol. The maximum absolute atomic E-state index is 14.5. The molecule has 0 radical (unpaired) electrons. The van der Waals surface area contributed by atoms with Crippen molar-refractivity contribution >= 4 is 22.8 Å². The zero-order chi connectivity index (χ0) is 22.4. The van der Waals surface area contributed by atoms with Crippen LogP contribution < -0.4 is 10.6 Å². The molecule has 1 aliphatic heterocycles. The minimum atomic E-state index is -0.629. The standard InChI is InChI=1S/C23H23F2N7/c1-14-4-3-5-15(12-14)20-19-21(26)32(18-13-16(24)6-7-17(18)25)29-22(19)28-23(27-20)31-10-8-30(2)9-11-31/h3-7,12-13H,8-11,26H2,1-2H3. The number of nitrogens with zero attached hydrogens (tertiary/aromatic N) is 6. The van der Waals surface area contributed by atoms with Gasteiger partial charge in [-0.25, -0.2) is 18.4 Å². The summed E-state index contributed by atoms with van der Waals surface area (Å²) in [4.78, 5) is 13.9. The number of likely N-dealkylation sites (N-methyl/N-ethyl adjacent to an activating group) is 1. The van der Waals surface area contributed by atoms with Gasteiger partial charge in [0.15, 0.2) is 5.65 Å². The van der Waals surface area contributed by atoms with E-state index in [0.29, 0.717) is 22.7 Å². The Bertz CT molecular complexity index is 1310. The third-order valence-electron chi connectivity index (χ3n) is 5.77. The second kappa shape index (κ2) is 7.83. The molecule has 0 saturated carbocycles. The van der Waals surface area contributed by atoms with Crippen LogP contribution in [0.2, 0.25) is 0 Å². The first-order chi connectivity index (χ1) is 15.4. The molecule has 9 heteroatoms. The van der Waals surface area contributed by atoms with E-state index in [1.54, 1.807) is 0 Å². The second-order valence-electron chi connectivity index (χ2n) is 8.12. The molecule has 0 spiro atoms. The number of hydrogen-bond donors (Lipinski definition) is 1. The third kappa shape index (κ3) is 3.54. The molecule has 1 fully saturated rings. The molecule has 3 heterocycles. The molecule has 0 atom stereocenters. The lowest BCUT2D eigenvalue weighted by molar-refractivity contribution is 0.311. The van der Waals surface area contributed by atoms with Crippen molar-refractivity contribution in [3.63, 3.8) is 0 Å². The minimum Gasteiger partial charge on any atom is -0.383 e. The second-order valence-corrected chi connectivity index (χ2v) is 8.12. The summed E-state index contributed by atoms with van der Waals surface area (Å²) in [6.45, 7) is 5.35. The van der Waals surface area contributed by atoms with E-state index in [1.165, 1.54) is 4.68 Å². The molecule has 0 unspecified atom stereocenters. The van der Waals surface area contributed by atoms with E-state index in [4.69, 9.17) is 10.7 Å². The van der Waals surface area contributed by atoms with Crippen LogP contribution in [-0.2, 0) is 0 Å². The summed E-state index contributed by atoms with van der Waals surface area (Å²) in [6.07, 6.45) is 0. The molecule has 2 aromatic heterocycles. The Hall–Kier alpha value is -3.59. The van der Waals surface area contributed by atoms with Crippen LogP contribution in [0.4, 0.5) is 20.5 Å². The Balaban J connectivity index is 1.74. The molecule has 4 aromatic rings. The maximum atomic E-state index is 14.5. The highest BCUT2D eigenvalue weighted by atomic mass is 19.1. The average molecular weight is 435 g/mol. The van der Waals surface area contributed by atoms with Crippen molar-refractivity contribution in [1.29, 1.82) is 0 Å². The topological polar surface area (TPSA) is 76.1 Å². The first-order valence-electron chi connectivity index (χ1n) is 10.4. The van der Waals surface area contributed by atoms with Crippen molar-refractivity contribution in [2.45, 2.75) is 6.92 Å². The van der Waals surface area contributed by atoms with Crippen LogP contribution in [0.1, 0.15) is 5.56 Å². The van der Waals surface area contributed by atoms with E-state index < -0.39 is 11.6 Å². The molecule has 2 N–H and O–H groups in total. The number of hydrogen-bond acceptors (Lipinski definition) is 6. The van der Waals surface area contributed by atoms with Gasteiger partial charge in [-0.3, -0.25) is 0 Å². The van der Waals surface area contributed by atoms with Crippen LogP contribution in [0.15, 0.2) is 42.5 Å². The van der Waals surface area contributed by atoms with E-state index in [0.717, 1.165) is 55.5 Å². The molecular formula is C23H23F2N7. The van der Waals surface area contributed by atoms with Gasteiger partial charge in [0.2, 0.25) is 5.95 Å². The largest absolute Gasteiger partial charge is 0.383 e. The molecule has 1 saturated heterocycles. The lowest BCUT2D eigenvalue weighted by atomic mass is 10.1. The van der Waals surface area contributed by atoms with Gasteiger partial charge in [-0.2, -0.15) is 4.98 Å². The minimum absolute atomic E-state index is 0.0724. The van der Waals surface area contributed by atoms with Crippen molar-refractivity contribution in [3.05, 3.63) is 59.7 Å². The Morgan fingerprint density at radius 3 is 2.50 bits per heavy atom. The Kier molecular flexibility index (Phi) is 4.97. The number of aryl methyl sites for hydroxylation is 1. The molecule has 1 aliphatic rings. The van der Waals surface area contributed by atoms with Crippen LogP contribution in [0.5, 0.6) is 0 Å². The molecule has 0 aliphatic carbocycles. The van der Waals surface area contributed by atoms with Crippen molar-refractivity contribution in [3.8, 4) is 16.9 Å². The SMILES string of the molecule is Cc1cccc(-c2nc(N3CCN(C)CC3)nc3nn(-c4cc(F)ccc4F)c(N)c23)c1. The number of halogens is 2. The summed E-state index contributed by atoms with van der Waals surface area (Å²) in [6, 6.07) is 11.1. The Morgan fingerprint density at radius 2 is 1.75 bits per heavy atom. The van der Waals surface area contributed by atoms with E-state index in [-0.39, 0.29) is 11.5 Å². The van der Waals surface area contributed by atoms with Crippen LogP contribution in [-0.4, -0.2) is 57.9 Å². The summed E-state index contributed by atoms with van der Waals surface area (Å²) in [5, 5.41) is 4.97.